The third kappa shape index (κ3) is 3.81. The first-order chi connectivity index (χ1) is 12.2. The van der Waals surface area contributed by atoms with Crippen molar-refractivity contribution < 1.29 is 4.79 Å². The van der Waals surface area contributed by atoms with Crippen LogP contribution in [0.1, 0.15) is 15.9 Å². The van der Waals surface area contributed by atoms with Crippen LogP contribution in [0.3, 0.4) is 0 Å². The first-order valence-corrected chi connectivity index (χ1v) is 7.64. The maximum absolute atomic E-state index is 12.1. The van der Waals surface area contributed by atoms with Crippen molar-refractivity contribution in [2.75, 3.05) is 16.4 Å². The van der Waals surface area contributed by atoms with Crippen molar-refractivity contribution in [3.05, 3.63) is 78.6 Å². The van der Waals surface area contributed by atoms with Crippen LogP contribution < -0.4 is 16.4 Å². The SMILES string of the molecule is C=Cc1c(N)ncnc1Nc1ccc(NC(=O)c2ccccc2)cc1. The molecule has 0 unspecified atom stereocenters. The van der Waals surface area contributed by atoms with Crippen LogP contribution in [0.15, 0.2) is 67.5 Å². The van der Waals surface area contributed by atoms with E-state index in [-0.39, 0.29) is 5.91 Å². The summed E-state index contributed by atoms with van der Waals surface area (Å²) < 4.78 is 0. The third-order valence-corrected chi connectivity index (χ3v) is 3.56. The molecule has 4 N–H and O–H groups in total. The Bertz CT molecular complexity index is 891. The van der Waals surface area contributed by atoms with Crippen LogP contribution in [-0.4, -0.2) is 15.9 Å². The lowest BCUT2D eigenvalue weighted by molar-refractivity contribution is 0.102. The molecule has 1 amide bonds. The number of carbonyl (C=O) groups excluding carboxylic acids is 1. The second-order valence-corrected chi connectivity index (χ2v) is 5.25. The fraction of sp³-hybridized carbons (Fsp3) is 0. The van der Waals surface area contributed by atoms with Gasteiger partial charge >= 0.3 is 0 Å². The van der Waals surface area contributed by atoms with Crippen molar-refractivity contribution in [1.29, 1.82) is 0 Å². The van der Waals surface area contributed by atoms with Crippen LogP contribution in [0.25, 0.3) is 6.08 Å². The first-order valence-electron chi connectivity index (χ1n) is 7.64. The summed E-state index contributed by atoms with van der Waals surface area (Å²) in [5, 5.41) is 6.01. The highest BCUT2D eigenvalue weighted by Crippen LogP contribution is 2.23. The Morgan fingerprint density at radius 1 is 1.00 bits per heavy atom. The molecule has 0 fully saturated rings. The Balaban J connectivity index is 1.72. The number of anilines is 4. The maximum atomic E-state index is 12.1. The molecule has 0 saturated heterocycles. The number of amides is 1. The average Bonchev–Trinajstić information content (AvgIpc) is 2.64. The number of hydrogen-bond acceptors (Lipinski definition) is 5. The van der Waals surface area contributed by atoms with Gasteiger partial charge in [0.1, 0.15) is 18.0 Å². The molecule has 3 rings (SSSR count). The Morgan fingerprint density at radius 3 is 2.36 bits per heavy atom. The average molecular weight is 331 g/mol. The fourth-order valence-corrected chi connectivity index (χ4v) is 2.28. The smallest absolute Gasteiger partial charge is 0.255 e. The molecule has 3 aromatic rings. The molecule has 25 heavy (non-hydrogen) atoms. The summed E-state index contributed by atoms with van der Waals surface area (Å²) in [6, 6.07) is 16.3. The molecule has 6 heteroatoms. The molecule has 0 atom stereocenters. The molecular formula is C19H17N5O. The summed E-state index contributed by atoms with van der Waals surface area (Å²) in [7, 11) is 0. The van der Waals surface area contributed by atoms with Crippen molar-refractivity contribution in [3.63, 3.8) is 0 Å². The molecule has 1 heterocycles. The van der Waals surface area contributed by atoms with Crippen molar-refractivity contribution in [2.45, 2.75) is 0 Å². The molecule has 2 aromatic carbocycles. The van der Waals surface area contributed by atoms with Crippen LogP contribution in [-0.2, 0) is 0 Å². The minimum Gasteiger partial charge on any atom is -0.383 e. The Hall–Kier alpha value is -3.67. The zero-order chi connectivity index (χ0) is 17.6. The molecule has 0 bridgehead atoms. The van der Waals surface area contributed by atoms with E-state index >= 15 is 0 Å². The normalized spacial score (nSPS) is 10.1. The van der Waals surface area contributed by atoms with Gasteiger partial charge in [0.05, 0.1) is 5.56 Å². The van der Waals surface area contributed by atoms with E-state index in [4.69, 9.17) is 5.73 Å². The van der Waals surface area contributed by atoms with E-state index in [2.05, 4.69) is 27.2 Å². The highest BCUT2D eigenvalue weighted by molar-refractivity contribution is 6.04. The van der Waals surface area contributed by atoms with Crippen molar-refractivity contribution in [3.8, 4) is 0 Å². The number of rotatable bonds is 5. The predicted molar refractivity (Wildman–Crippen MR) is 101 cm³/mol. The number of nitrogen functional groups attached to an aromatic ring is 1. The second-order valence-electron chi connectivity index (χ2n) is 5.25. The van der Waals surface area contributed by atoms with Crippen molar-refractivity contribution in [2.24, 2.45) is 0 Å². The van der Waals surface area contributed by atoms with Crippen LogP contribution in [0, 0.1) is 0 Å². The highest BCUT2D eigenvalue weighted by atomic mass is 16.1. The van der Waals surface area contributed by atoms with E-state index in [1.54, 1.807) is 30.3 Å². The number of aromatic nitrogens is 2. The van der Waals surface area contributed by atoms with E-state index < -0.39 is 0 Å². The largest absolute Gasteiger partial charge is 0.383 e. The van der Waals surface area contributed by atoms with Gasteiger partial charge in [0.25, 0.3) is 5.91 Å². The Kier molecular flexibility index (Phi) is 4.71. The predicted octanol–water partition coefficient (Wildman–Crippen LogP) is 3.70. The van der Waals surface area contributed by atoms with Gasteiger partial charge in [-0.1, -0.05) is 30.9 Å². The number of hydrogen-bond donors (Lipinski definition) is 3. The summed E-state index contributed by atoms with van der Waals surface area (Å²) >= 11 is 0. The zero-order valence-electron chi connectivity index (χ0n) is 13.4. The molecule has 0 spiro atoms. The van der Waals surface area contributed by atoms with Gasteiger partial charge in [-0.2, -0.15) is 0 Å². The van der Waals surface area contributed by atoms with Crippen LogP contribution in [0.2, 0.25) is 0 Å². The van der Waals surface area contributed by atoms with Gasteiger partial charge in [0, 0.05) is 16.9 Å². The number of benzene rings is 2. The summed E-state index contributed by atoms with van der Waals surface area (Å²) in [5.74, 6) is 0.779. The van der Waals surface area contributed by atoms with Gasteiger partial charge in [0.2, 0.25) is 0 Å². The number of nitrogens with one attached hydrogen (secondary N) is 2. The monoisotopic (exact) mass is 331 g/mol. The molecule has 6 nitrogen and oxygen atoms in total. The number of nitrogens with two attached hydrogens (primary N) is 1. The van der Waals surface area contributed by atoms with Crippen molar-refractivity contribution in [1.82, 2.24) is 9.97 Å². The lowest BCUT2D eigenvalue weighted by Gasteiger charge is -2.11. The van der Waals surface area contributed by atoms with Gasteiger partial charge in [-0.05, 0) is 36.4 Å². The molecular weight excluding hydrogens is 314 g/mol. The molecule has 0 saturated carbocycles. The van der Waals surface area contributed by atoms with Gasteiger partial charge in [-0.3, -0.25) is 4.79 Å². The van der Waals surface area contributed by atoms with E-state index in [9.17, 15) is 4.79 Å². The summed E-state index contributed by atoms with van der Waals surface area (Å²) in [6.45, 7) is 3.72. The zero-order valence-corrected chi connectivity index (χ0v) is 13.4. The van der Waals surface area contributed by atoms with E-state index in [0.29, 0.717) is 28.5 Å². The van der Waals surface area contributed by atoms with Gasteiger partial charge in [-0.25, -0.2) is 9.97 Å². The standard InChI is InChI=1S/C19H17N5O/c1-2-16-17(20)21-12-22-18(16)23-14-8-10-15(11-9-14)24-19(25)13-6-4-3-5-7-13/h2-12H,1H2,(H,24,25)(H3,20,21,22,23). The Labute approximate surface area is 145 Å². The lowest BCUT2D eigenvalue weighted by Crippen LogP contribution is -2.11. The quantitative estimate of drug-likeness (QED) is 0.663. The number of carbonyl (C=O) groups is 1. The molecule has 0 radical (unpaired) electrons. The van der Waals surface area contributed by atoms with Gasteiger partial charge in [0.15, 0.2) is 0 Å². The Morgan fingerprint density at radius 2 is 1.68 bits per heavy atom. The fourth-order valence-electron chi connectivity index (χ4n) is 2.28. The van der Waals surface area contributed by atoms with E-state index in [1.165, 1.54) is 6.33 Å². The molecule has 0 aliphatic rings. The molecule has 0 aliphatic carbocycles. The third-order valence-electron chi connectivity index (χ3n) is 3.56. The van der Waals surface area contributed by atoms with Crippen LogP contribution in [0.5, 0.6) is 0 Å². The van der Waals surface area contributed by atoms with Crippen molar-refractivity contribution >= 4 is 35.0 Å². The topological polar surface area (TPSA) is 92.9 Å². The van der Waals surface area contributed by atoms with Gasteiger partial charge < -0.3 is 16.4 Å². The highest BCUT2D eigenvalue weighted by Gasteiger charge is 2.07. The van der Waals surface area contributed by atoms with Crippen LogP contribution >= 0.6 is 0 Å². The minimum absolute atomic E-state index is 0.154. The summed E-state index contributed by atoms with van der Waals surface area (Å²) in [4.78, 5) is 20.3. The summed E-state index contributed by atoms with van der Waals surface area (Å²) in [6.07, 6.45) is 2.99. The van der Waals surface area contributed by atoms with Crippen LogP contribution in [0.4, 0.5) is 23.0 Å². The minimum atomic E-state index is -0.154. The second kappa shape index (κ2) is 7.27. The number of nitrogens with zero attached hydrogens (tertiary/aromatic N) is 2. The molecule has 0 aliphatic heterocycles. The van der Waals surface area contributed by atoms with Gasteiger partial charge in [-0.15, -0.1) is 0 Å². The van der Waals surface area contributed by atoms with E-state index in [1.807, 2.05) is 30.3 Å². The maximum Gasteiger partial charge on any atom is 0.255 e. The summed E-state index contributed by atoms with van der Waals surface area (Å²) in [5.41, 5.74) is 8.56. The molecule has 1 aromatic heterocycles. The van der Waals surface area contributed by atoms with E-state index in [0.717, 1.165) is 5.69 Å². The lowest BCUT2D eigenvalue weighted by atomic mass is 10.2. The first kappa shape index (κ1) is 16.2. The molecule has 124 valence electrons.